The van der Waals surface area contributed by atoms with Gasteiger partial charge in [-0.1, -0.05) is 35.0 Å². The van der Waals surface area contributed by atoms with Crippen molar-refractivity contribution in [3.05, 3.63) is 27.0 Å². The fourth-order valence-corrected chi connectivity index (χ4v) is 5.17. The lowest BCUT2D eigenvalue weighted by atomic mass is 10.6. The summed E-state index contributed by atoms with van der Waals surface area (Å²) in [7, 11) is -3.89. The van der Waals surface area contributed by atoms with Crippen LogP contribution >= 0.6 is 46.3 Å². The molecule has 12 heteroatoms. The third-order valence-electron chi connectivity index (χ3n) is 2.56. The Morgan fingerprint density at radius 3 is 2.82 bits per heavy atom. The fourth-order valence-electron chi connectivity index (χ4n) is 1.64. The first-order valence-corrected chi connectivity index (χ1v) is 9.92. The van der Waals surface area contributed by atoms with Gasteiger partial charge in [0.2, 0.25) is 5.16 Å². The molecule has 0 spiro atoms. The Bertz CT molecular complexity index is 953. The van der Waals surface area contributed by atoms with Crippen molar-refractivity contribution < 1.29 is 8.42 Å². The highest BCUT2D eigenvalue weighted by Gasteiger charge is 2.22. The summed E-state index contributed by atoms with van der Waals surface area (Å²) in [5.41, 5.74) is 0. The van der Waals surface area contributed by atoms with Crippen molar-refractivity contribution in [1.82, 2.24) is 19.6 Å². The van der Waals surface area contributed by atoms with Crippen molar-refractivity contribution in [3.63, 3.8) is 0 Å². The van der Waals surface area contributed by atoms with E-state index in [-0.39, 0.29) is 19.4 Å². The summed E-state index contributed by atoms with van der Waals surface area (Å²) in [6.07, 6.45) is 3.25. The Balaban J connectivity index is 2.06. The minimum atomic E-state index is -3.89. The molecule has 0 aliphatic rings. The minimum absolute atomic E-state index is 0.0839. The highest BCUT2D eigenvalue weighted by Crippen LogP contribution is 2.35. The highest BCUT2D eigenvalue weighted by atomic mass is 35.5. The number of anilines is 1. The SMILES string of the molecule is CSc1nc2nccc(NS(=O)(=O)c3cc(Cl)sc3Cl)n2n1. The van der Waals surface area contributed by atoms with Crippen LogP contribution in [0.25, 0.3) is 5.78 Å². The maximum absolute atomic E-state index is 12.4. The van der Waals surface area contributed by atoms with Crippen LogP contribution in [0.3, 0.4) is 0 Å². The standard InChI is InChI=1S/C10H7Cl2N5O2S3/c1-20-10-14-9-13-3-2-7(17(9)15-10)16-22(18,19)5-4-6(11)21-8(5)12/h2-4,16H,1H3. The number of nitrogens with zero attached hydrogens (tertiary/aromatic N) is 4. The van der Waals surface area contributed by atoms with Gasteiger partial charge in [0, 0.05) is 12.3 Å². The van der Waals surface area contributed by atoms with Crippen LogP contribution in [0.15, 0.2) is 28.4 Å². The quantitative estimate of drug-likeness (QED) is 0.682. The van der Waals surface area contributed by atoms with Crippen LogP contribution in [0.4, 0.5) is 5.82 Å². The number of fused-ring (bicyclic) bond motifs is 1. The zero-order valence-electron chi connectivity index (χ0n) is 10.8. The van der Waals surface area contributed by atoms with Crippen LogP contribution in [0.1, 0.15) is 0 Å². The third-order valence-corrected chi connectivity index (χ3v) is 6.20. The molecule has 0 aliphatic carbocycles. The molecular weight excluding hydrogens is 389 g/mol. The van der Waals surface area contributed by atoms with Crippen LogP contribution in [0.5, 0.6) is 0 Å². The summed E-state index contributed by atoms with van der Waals surface area (Å²) in [4.78, 5) is 8.09. The Kier molecular flexibility index (Phi) is 4.21. The van der Waals surface area contributed by atoms with E-state index in [4.69, 9.17) is 23.2 Å². The average molecular weight is 396 g/mol. The molecule has 1 N–H and O–H groups in total. The van der Waals surface area contributed by atoms with E-state index < -0.39 is 10.0 Å². The monoisotopic (exact) mass is 395 g/mol. The van der Waals surface area contributed by atoms with E-state index in [2.05, 4.69) is 19.8 Å². The number of aromatic nitrogens is 4. The second kappa shape index (κ2) is 5.85. The molecule has 116 valence electrons. The van der Waals surface area contributed by atoms with Crippen molar-refractivity contribution in [3.8, 4) is 0 Å². The topological polar surface area (TPSA) is 89.2 Å². The largest absolute Gasteiger partial charge is 0.265 e. The van der Waals surface area contributed by atoms with Crippen LogP contribution in [0.2, 0.25) is 8.67 Å². The van der Waals surface area contributed by atoms with E-state index in [9.17, 15) is 8.42 Å². The van der Waals surface area contributed by atoms with Gasteiger partial charge in [-0.05, 0) is 12.3 Å². The lowest BCUT2D eigenvalue weighted by molar-refractivity contribution is 0.601. The van der Waals surface area contributed by atoms with Gasteiger partial charge in [-0.2, -0.15) is 9.50 Å². The number of halogens is 2. The first kappa shape index (κ1) is 15.8. The molecule has 3 heterocycles. The molecule has 0 fully saturated rings. The van der Waals surface area contributed by atoms with Crippen LogP contribution in [-0.4, -0.2) is 34.3 Å². The van der Waals surface area contributed by atoms with Crippen LogP contribution in [0, 0.1) is 0 Å². The molecule has 22 heavy (non-hydrogen) atoms. The van der Waals surface area contributed by atoms with Gasteiger partial charge < -0.3 is 0 Å². The molecule has 0 aromatic carbocycles. The van der Waals surface area contributed by atoms with E-state index in [1.165, 1.54) is 34.6 Å². The summed E-state index contributed by atoms with van der Waals surface area (Å²) < 4.78 is 28.9. The molecule has 3 rings (SSSR count). The summed E-state index contributed by atoms with van der Waals surface area (Å²) in [6.45, 7) is 0. The zero-order valence-corrected chi connectivity index (χ0v) is 14.8. The van der Waals surface area contributed by atoms with Gasteiger partial charge >= 0.3 is 0 Å². The summed E-state index contributed by atoms with van der Waals surface area (Å²) >= 11 is 14.0. The van der Waals surface area contributed by atoms with Gasteiger partial charge in [-0.25, -0.2) is 13.4 Å². The number of nitrogens with one attached hydrogen (secondary N) is 1. The molecule has 0 amide bonds. The molecule has 3 aromatic heterocycles. The van der Waals surface area contributed by atoms with E-state index in [0.717, 1.165) is 11.3 Å². The molecular formula is C10H7Cl2N5O2S3. The minimum Gasteiger partial charge on any atom is -0.263 e. The van der Waals surface area contributed by atoms with Crippen molar-refractivity contribution in [1.29, 1.82) is 0 Å². The summed E-state index contributed by atoms with van der Waals surface area (Å²) in [6, 6.07) is 2.77. The van der Waals surface area contributed by atoms with Gasteiger partial charge in [0.1, 0.15) is 15.0 Å². The fraction of sp³-hybridized carbons (Fsp3) is 0.100. The van der Waals surface area contributed by atoms with E-state index in [0.29, 0.717) is 10.9 Å². The van der Waals surface area contributed by atoms with E-state index >= 15 is 0 Å². The van der Waals surface area contributed by atoms with E-state index in [1.54, 1.807) is 0 Å². The van der Waals surface area contributed by atoms with Gasteiger partial charge in [-0.3, -0.25) is 4.72 Å². The number of thioether (sulfide) groups is 1. The van der Waals surface area contributed by atoms with Gasteiger partial charge in [0.15, 0.2) is 0 Å². The molecule has 3 aromatic rings. The Morgan fingerprint density at radius 2 is 2.18 bits per heavy atom. The average Bonchev–Trinajstić information content (AvgIpc) is 3.02. The van der Waals surface area contributed by atoms with Crippen molar-refractivity contribution in [2.24, 2.45) is 0 Å². The van der Waals surface area contributed by atoms with Crippen molar-refractivity contribution in [2.75, 3.05) is 11.0 Å². The summed E-state index contributed by atoms with van der Waals surface area (Å²) in [5.74, 6) is 0.496. The van der Waals surface area contributed by atoms with Crippen molar-refractivity contribution >= 4 is 67.9 Å². The Morgan fingerprint density at radius 1 is 1.41 bits per heavy atom. The summed E-state index contributed by atoms with van der Waals surface area (Å²) in [5, 5.41) is 4.64. The zero-order chi connectivity index (χ0) is 15.9. The number of hydrogen-bond donors (Lipinski definition) is 1. The highest BCUT2D eigenvalue weighted by molar-refractivity contribution is 7.98. The molecule has 0 unspecified atom stereocenters. The van der Waals surface area contributed by atoms with Gasteiger partial charge in [0.25, 0.3) is 15.8 Å². The van der Waals surface area contributed by atoms with Gasteiger partial charge in [0.05, 0.1) is 4.34 Å². The molecule has 0 bridgehead atoms. The number of sulfonamides is 1. The first-order valence-electron chi connectivity index (χ1n) is 5.64. The molecule has 7 nitrogen and oxygen atoms in total. The second-order valence-electron chi connectivity index (χ2n) is 3.93. The molecule has 0 saturated heterocycles. The predicted octanol–water partition coefficient (Wildman–Crippen LogP) is 3.02. The Hall–Kier alpha value is -1.07. The molecule has 0 aliphatic heterocycles. The number of rotatable bonds is 4. The number of thiophene rings is 1. The Labute approximate surface area is 143 Å². The molecule has 0 radical (unpaired) electrons. The van der Waals surface area contributed by atoms with Crippen LogP contribution in [-0.2, 0) is 10.0 Å². The second-order valence-corrected chi connectivity index (χ2v) is 8.64. The molecule has 0 saturated carbocycles. The third kappa shape index (κ3) is 2.88. The maximum Gasteiger partial charge on any atom is 0.265 e. The van der Waals surface area contributed by atoms with Crippen molar-refractivity contribution in [2.45, 2.75) is 10.1 Å². The number of hydrogen-bond acceptors (Lipinski definition) is 7. The predicted molar refractivity (Wildman–Crippen MR) is 87.7 cm³/mol. The van der Waals surface area contributed by atoms with E-state index in [1.807, 2.05) is 6.26 Å². The van der Waals surface area contributed by atoms with Gasteiger partial charge in [-0.15, -0.1) is 16.4 Å². The lowest BCUT2D eigenvalue weighted by Crippen LogP contribution is -2.15. The first-order chi connectivity index (χ1) is 10.4. The van der Waals surface area contributed by atoms with Crippen LogP contribution < -0.4 is 4.72 Å². The lowest BCUT2D eigenvalue weighted by Gasteiger charge is -2.07. The normalized spacial score (nSPS) is 12.0. The maximum atomic E-state index is 12.4. The smallest absolute Gasteiger partial charge is 0.263 e. The molecule has 0 atom stereocenters.